The third-order valence-electron chi connectivity index (χ3n) is 4.89. The molecule has 34 heavy (non-hydrogen) atoms. The number of rotatable bonds is 8. The van der Waals surface area contributed by atoms with Crippen molar-refractivity contribution in [2.75, 3.05) is 13.7 Å². The molecule has 0 saturated heterocycles. The second kappa shape index (κ2) is 10.8. The molecule has 1 N–H and O–H groups in total. The van der Waals surface area contributed by atoms with Gasteiger partial charge in [0.25, 0.3) is 5.91 Å². The van der Waals surface area contributed by atoms with Gasteiger partial charge < -0.3 is 14.2 Å². The fourth-order valence-corrected chi connectivity index (χ4v) is 3.20. The Morgan fingerprint density at radius 2 is 1.62 bits per heavy atom. The minimum atomic E-state index is -0.487. The lowest BCUT2D eigenvalue weighted by Gasteiger charge is -2.10. The van der Waals surface area contributed by atoms with E-state index in [1.54, 1.807) is 42.5 Å². The molecule has 4 aromatic carbocycles. The van der Waals surface area contributed by atoms with Gasteiger partial charge in [0, 0.05) is 0 Å². The highest BCUT2D eigenvalue weighted by atomic mass is 16.6. The summed E-state index contributed by atoms with van der Waals surface area (Å²) in [6.07, 6.45) is 1.46. The lowest BCUT2D eigenvalue weighted by Crippen LogP contribution is -2.24. The van der Waals surface area contributed by atoms with Crippen molar-refractivity contribution in [2.24, 2.45) is 5.10 Å². The summed E-state index contributed by atoms with van der Waals surface area (Å²) in [5.74, 6) is 0.354. The molecule has 0 saturated carbocycles. The zero-order valence-corrected chi connectivity index (χ0v) is 18.4. The van der Waals surface area contributed by atoms with Crippen LogP contribution in [0.25, 0.3) is 10.8 Å². The summed E-state index contributed by atoms with van der Waals surface area (Å²) in [5.41, 5.74) is 3.50. The Morgan fingerprint density at radius 3 is 2.41 bits per heavy atom. The fourth-order valence-electron chi connectivity index (χ4n) is 3.20. The van der Waals surface area contributed by atoms with E-state index < -0.39 is 11.9 Å². The number of nitrogens with zero attached hydrogens (tertiary/aromatic N) is 1. The summed E-state index contributed by atoms with van der Waals surface area (Å²) in [6.45, 7) is -0.173. The van der Waals surface area contributed by atoms with Crippen LogP contribution in [0.2, 0.25) is 0 Å². The van der Waals surface area contributed by atoms with Crippen LogP contribution >= 0.6 is 0 Å². The average Bonchev–Trinajstić information content (AvgIpc) is 2.88. The molecule has 7 heteroatoms. The smallest absolute Gasteiger partial charge is 0.343 e. The number of esters is 1. The molecule has 4 rings (SSSR count). The molecular weight excluding hydrogens is 432 g/mol. The van der Waals surface area contributed by atoms with E-state index in [1.807, 2.05) is 48.5 Å². The Labute approximate surface area is 196 Å². The van der Waals surface area contributed by atoms with E-state index in [2.05, 4.69) is 10.5 Å². The second-order valence-corrected chi connectivity index (χ2v) is 7.26. The van der Waals surface area contributed by atoms with Crippen LogP contribution in [0.1, 0.15) is 15.9 Å². The molecular formula is C27H22N2O5. The van der Waals surface area contributed by atoms with Crippen LogP contribution in [0, 0.1) is 0 Å². The van der Waals surface area contributed by atoms with Gasteiger partial charge in [-0.3, -0.25) is 4.79 Å². The maximum Gasteiger partial charge on any atom is 0.343 e. The SMILES string of the molecule is COc1cc(/C=N/NC(=O)COc2ccc3ccccc3c2)ccc1OC(=O)c1ccccc1. The summed E-state index contributed by atoms with van der Waals surface area (Å²) < 4.78 is 16.3. The van der Waals surface area contributed by atoms with Gasteiger partial charge in [0.15, 0.2) is 18.1 Å². The first-order valence-electron chi connectivity index (χ1n) is 10.5. The van der Waals surface area contributed by atoms with Crippen LogP contribution in [0.3, 0.4) is 0 Å². The molecule has 1 amide bonds. The van der Waals surface area contributed by atoms with Gasteiger partial charge in [-0.05, 0) is 58.8 Å². The van der Waals surface area contributed by atoms with E-state index >= 15 is 0 Å². The number of methoxy groups -OCH3 is 1. The van der Waals surface area contributed by atoms with Gasteiger partial charge in [-0.15, -0.1) is 0 Å². The first-order valence-corrected chi connectivity index (χ1v) is 10.5. The highest BCUT2D eigenvalue weighted by Gasteiger charge is 2.12. The number of ether oxygens (including phenoxy) is 3. The Morgan fingerprint density at radius 1 is 0.853 bits per heavy atom. The Hall–Kier alpha value is -4.65. The molecule has 0 unspecified atom stereocenters. The maximum atomic E-state index is 12.3. The van der Waals surface area contributed by atoms with Crippen molar-refractivity contribution in [1.29, 1.82) is 0 Å². The van der Waals surface area contributed by atoms with Gasteiger partial charge in [0.2, 0.25) is 0 Å². The second-order valence-electron chi connectivity index (χ2n) is 7.26. The Kier molecular flexibility index (Phi) is 7.15. The number of fused-ring (bicyclic) bond motifs is 1. The number of hydrogen-bond acceptors (Lipinski definition) is 6. The first kappa shape index (κ1) is 22.5. The van der Waals surface area contributed by atoms with Gasteiger partial charge >= 0.3 is 5.97 Å². The molecule has 4 aromatic rings. The first-order chi connectivity index (χ1) is 16.6. The molecule has 0 aliphatic rings. The van der Waals surface area contributed by atoms with Crippen molar-refractivity contribution in [2.45, 2.75) is 0 Å². The quantitative estimate of drug-likeness (QED) is 0.182. The number of hydrogen-bond donors (Lipinski definition) is 1. The van der Waals surface area contributed by atoms with Crippen LogP contribution in [0.5, 0.6) is 17.2 Å². The summed E-state index contributed by atoms with van der Waals surface area (Å²) in [4.78, 5) is 24.4. The molecule has 0 aliphatic heterocycles. The van der Waals surface area contributed by atoms with E-state index in [1.165, 1.54) is 13.3 Å². The van der Waals surface area contributed by atoms with Crippen LogP contribution < -0.4 is 19.6 Å². The molecule has 7 nitrogen and oxygen atoms in total. The molecule has 0 bridgehead atoms. The summed E-state index contributed by atoms with van der Waals surface area (Å²) in [5, 5.41) is 6.08. The molecule has 0 radical (unpaired) electrons. The normalized spacial score (nSPS) is 10.7. The highest BCUT2D eigenvalue weighted by Crippen LogP contribution is 2.28. The summed E-state index contributed by atoms with van der Waals surface area (Å²) in [6, 6.07) is 27.2. The molecule has 0 spiro atoms. The Bertz CT molecular complexity index is 1340. The molecule has 0 aromatic heterocycles. The minimum absolute atomic E-state index is 0.173. The summed E-state index contributed by atoms with van der Waals surface area (Å²) >= 11 is 0. The number of hydrazone groups is 1. The predicted molar refractivity (Wildman–Crippen MR) is 130 cm³/mol. The van der Waals surface area contributed by atoms with Crippen molar-refractivity contribution in [3.63, 3.8) is 0 Å². The van der Waals surface area contributed by atoms with E-state index in [0.29, 0.717) is 22.6 Å². The Balaban J connectivity index is 1.31. The monoisotopic (exact) mass is 454 g/mol. The third kappa shape index (κ3) is 5.77. The van der Waals surface area contributed by atoms with Crippen molar-refractivity contribution < 1.29 is 23.8 Å². The number of amides is 1. The number of carbonyl (C=O) groups is 2. The highest BCUT2D eigenvalue weighted by molar-refractivity contribution is 5.91. The van der Waals surface area contributed by atoms with Crippen molar-refractivity contribution >= 4 is 28.9 Å². The van der Waals surface area contributed by atoms with Crippen LogP contribution in [-0.2, 0) is 4.79 Å². The number of nitrogens with one attached hydrogen (secondary N) is 1. The minimum Gasteiger partial charge on any atom is -0.493 e. The van der Waals surface area contributed by atoms with Crippen LogP contribution in [-0.4, -0.2) is 31.8 Å². The van der Waals surface area contributed by atoms with Gasteiger partial charge in [0.05, 0.1) is 18.9 Å². The predicted octanol–water partition coefficient (Wildman–Crippen LogP) is 4.60. The zero-order chi connectivity index (χ0) is 23.8. The van der Waals surface area contributed by atoms with Gasteiger partial charge in [-0.25, -0.2) is 10.2 Å². The molecule has 0 aliphatic carbocycles. The van der Waals surface area contributed by atoms with E-state index in [4.69, 9.17) is 14.2 Å². The van der Waals surface area contributed by atoms with Crippen LogP contribution in [0.15, 0.2) is 96.1 Å². The molecule has 0 atom stereocenters. The zero-order valence-electron chi connectivity index (χ0n) is 18.4. The van der Waals surface area contributed by atoms with Crippen LogP contribution in [0.4, 0.5) is 0 Å². The van der Waals surface area contributed by atoms with Gasteiger partial charge in [-0.1, -0.05) is 48.5 Å². The van der Waals surface area contributed by atoms with Gasteiger partial charge in [0.1, 0.15) is 5.75 Å². The van der Waals surface area contributed by atoms with Gasteiger partial charge in [-0.2, -0.15) is 5.10 Å². The third-order valence-corrected chi connectivity index (χ3v) is 4.89. The van der Waals surface area contributed by atoms with Crippen molar-refractivity contribution in [1.82, 2.24) is 5.43 Å². The average molecular weight is 454 g/mol. The largest absolute Gasteiger partial charge is 0.493 e. The van der Waals surface area contributed by atoms with E-state index in [9.17, 15) is 9.59 Å². The standard InChI is InChI=1S/C27H22N2O5/c1-32-25-15-19(11-14-24(25)34-27(31)21-8-3-2-4-9-21)17-28-29-26(30)18-33-23-13-12-20-7-5-6-10-22(20)16-23/h2-17H,18H2,1H3,(H,29,30)/b28-17+. The van der Waals surface area contributed by atoms with E-state index in [0.717, 1.165) is 10.8 Å². The maximum absolute atomic E-state index is 12.3. The molecule has 170 valence electrons. The number of benzene rings is 4. The lowest BCUT2D eigenvalue weighted by atomic mass is 10.1. The fraction of sp³-hybridized carbons (Fsp3) is 0.0741. The lowest BCUT2D eigenvalue weighted by molar-refractivity contribution is -0.123. The molecule has 0 heterocycles. The van der Waals surface area contributed by atoms with Crippen molar-refractivity contribution in [3.8, 4) is 17.2 Å². The summed E-state index contributed by atoms with van der Waals surface area (Å²) in [7, 11) is 1.47. The van der Waals surface area contributed by atoms with E-state index in [-0.39, 0.29) is 12.4 Å². The number of carbonyl (C=O) groups excluding carboxylic acids is 2. The van der Waals surface area contributed by atoms with Crippen molar-refractivity contribution in [3.05, 3.63) is 102 Å². The molecule has 0 fully saturated rings. The topological polar surface area (TPSA) is 86.2 Å².